The quantitative estimate of drug-likeness (QED) is 0.776. The monoisotopic (exact) mass is 339 g/mol. The second-order valence-electron chi connectivity index (χ2n) is 7.19. The molecule has 0 fully saturated rings. The first-order valence-corrected chi connectivity index (χ1v) is 8.53. The molecule has 2 aromatic carbocycles. The molecule has 1 aliphatic rings. The summed E-state index contributed by atoms with van der Waals surface area (Å²) >= 11 is 0. The average Bonchev–Trinajstić information content (AvgIpc) is 2.85. The van der Waals surface area contributed by atoms with Crippen molar-refractivity contribution in [2.24, 2.45) is 5.73 Å². The third-order valence-electron chi connectivity index (χ3n) is 4.42. The zero-order valence-corrected chi connectivity index (χ0v) is 14.9. The van der Waals surface area contributed by atoms with Gasteiger partial charge in [0.25, 0.3) is 0 Å². The van der Waals surface area contributed by atoms with E-state index in [0.29, 0.717) is 5.69 Å². The van der Waals surface area contributed by atoms with Crippen molar-refractivity contribution in [1.82, 2.24) is 5.32 Å². The lowest BCUT2D eigenvalue weighted by Crippen LogP contribution is -2.24. The van der Waals surface area contributed by atoms with E-state index >= 15 is 0 Å². The summed E-state index contributed by atoms with van der Waals surface area (Å²) in [4.78, 5) is 10.9. The Morgan fingerprint density at radius 1 is 1.24 bits per heavy atom. The average molecular weight is 339 g/mol. The standard InChI is InChI=1S/C20H25N3O2/c1-13(15-5-7-17(8-6-15)23-19(21)24)22-12-14-4-9-18-16(10-14)11-20(2,3)25-18/h4-10,13,22H,11-12H2,1-3H3,(H3,21,23,24). The molecule has 5 heteroatoms. The van der Waals surface area contributed by atoms with E-state index in [2.05, 4.69) is 49.6 Å². The molecule has 0 aliphatic carbocycles. The highest BCUT2D eigenvalue weighted by molar-refractivity contribution is 5.87. The Morgan fingerprint density at radius 3 is 2.64 bits per heavy atom. The molecular formula is C20H25N3O2. The number of anilines is 1. The number of ether oxygens (including phenoxy) is 1. The van der Waals surface area contributed by atoms with Crippen LogP contribution in [0.3, 0.4) is 0 Å². The first-order chi connectivity index (χ1) is 11.8. The molecule has 0 saturated carbocycles. The smallest absolute Gasteiger partial charge is 0.316 e. The summed E-state index contributed by atoms with van der Waals surface area (Å²) in [7, 11) is 0. The summed E-state index contributed by atoms with van der Waals surface area (Å²) < 4.78 is 5.92. The number of hydrogen-bond acceptors (Lipinski definition) is 3. The fraction of sp³-hybridized carbons (Fsp3) is 0.350. The molecule has 4 N–H and O–H groups in total. The van der Waals surface area contributed by atoms with E-state index in [1.807, 2.05) is 24.3 Å². The predicted molar refractivity (Wildman–Crippen MR) is 99.8 cm³/mol. The molecule has 0 bridgehead atoms. The van der Waals surface area contributed by atoms with Crippen LogP contribution in [0.15, 0.2) is 42.5 Å². The number of rotatable bonds is 5. The van der Waals surface area contributed by atoms with Crippen molar-refractivity contribution in [1.29, 1.82) is 0 Å². The minimum Gasteiger partial charge on any atom is -0.487 e. The predicted octanol–water partition coefficient (Wildman–Crippen LogP) is 3.74. The van der Waals surface area contributed by atoms with Crippen LogP contribution in [0.1, 0.15) is 43.5 Å². The molecule has 1 heterocycles. The lowest BCUT2D eigenvalue weighted by atomic mass is 10.00. The fourth-order valence-corrected chi connectivity index (χ4v) is 3.16. The molecule has 132 valence electrons. The third kappa shape index (κ3) is 4.31. The Hall–Kier alpha value is -2.53. The first kappa shape index (κ1) is 17.3. The number of nitrogens with one attached hydrogen (secondary N) is 2. The maximum absolute atomic E-state index is 10.9. The number of hydrogen-bond donors (Lipinski definition) is 3. The number of benzene rings is 2. The van der Waals surface area contributed by atoms with Crippen molar-refractivity contribution < 1.29 is 9.53 Å². The van der Waals surface area contributed by atoms with Crippen LogP contribution in [-0.4, -0.2) is 11.6 Å². The summed E-state index contributed by atoms with van der Waals surface area (Å²) in [5, 5.41) is 6.10. The van der Waals surface area contributed by atoms with E-state index in [9.17, 15) is 4.79 Å². The lowest BCUT2D eigenvalue weighted by Gasteiger charge is -2.16. The molecule has 1 aliphatic heterocycles. The van der Waals surface area contributed by atoms with Crippen molar-refractivity contribution >= 4 is 11.7 Å². The van der Waals surface area contributed by atoms with Gasteiger partial charge in [-0.1, -0.05) is 24.3 Å². The maximum Gasteiger partial charge on any atom is 0.316 e. The normalized spacial score (nSPS) is 16.0. The van der Waals surface area contributed by atoms with E-state index in [-0.39, 0.29) is 11.6 Å². The molecule has 0 saturated heterocycles. The highest BCUT2D eigenvalue weighted by Gasteiger charge is 2.29. The molecule has 1 unspecified atom stereocenters. The Kier molecular flexibility index (Phi) is 4.68. The van der Waals surface area contributed by atoms with Crippen molar-refractivity contribution in [3.63, 3.8) is 0 Å². The Balaban J connectivity index is 1.59. The van der Waals surface area contributed by atoms with Gasteiger partial charge in [0.1, 0.15) is 11.4 Å². The van der Waals surface area contributed by atoms with Gasteiger partial charge >= 0.3 is 6.03 Å². The molecule has 3 rings (SSSR count). The molecule has 0 radical (unpaired) electrons. The summed E-state index contributed by atoms with van der Waals surface area (Å²) in [5.41, 5.74) is 9.39. The van der Waals surface area contributed by atoms with E-state index in [4.69, 9.17) is 10.5 Å². The molecule has 1 atom stereocenters. The summed E-state index contributed by atoms with van der Waals surface area (Å²) in [5.74, 6) is 0.999. The number of carbonyl (C=O) groups is 1. The molecule has 5 nitrogen and oxygen atoms in total. The number of primary amides is 1. The van der Waals surface area contributed by atoms with Gasteiger partial charge in [0, 0.05) is 24.7 Å². The molecule has 0 spiro atoms. The number of carbonyl (C=O) groups excluding carboxylic acids is 1. The van der Waals surface area contributed by atoms with E-state index in [0.717, 1.165) is 24.3 Å². The molecule has 2 aromatic rings. The SMILES string of the molecule is CC(NCc1ccc2c(c1)CC(C)(C)O2)c1ccc(NC(N)=O)cc1. The summed E-state index contributed by atoms with van der Waals surface area (Å²) in [6.45, 7) is 7.14. The highest BCUT2D eigenvalue weighted by Crippen LogP contribution is 2.35. The van der Waals surface area contributed by atoms with Crippen LogP contribution in [0, 0.1) is 0 Å². The molecule has 25 heavy (non-hydrogen) atoms. The van der Waals surface area contributed by atoms with E-state index in [1.54, 1.807) is 0 Å². The zero-order chi connectivity index (χ0) is 18.0. The lowest BCUT2D eigenvalue weighted by molar-refractivity contribution is 0.138. The van der Waals surface area contributed by atoms with Crippen LogP contribution in [0.4, 0.5) is 10.5 Å². The second kappa shape index (κ2) is 6.76. The Morgan fingerprint density at radius 2 is 1.96 bits per heavy atom. The summed E-state index contributed by atoms with van der Waals surface area (Å²) in [6.07, 6.45) is 0.944. The van der Waals surface area contributed by atoms with Gasteiger partial charge in [0.15, 0.2) is 0 Å². The topological polar surface area (TPSA) is 76.4 Å². The summed E-state index contributed by atoms with van der Waals surface area (Å²) in [6, 6.07) is 13.7. The van der Waals surface area contributed by atoms with Gasteiger partial charge < -0.3 is 21.1 Å². The Bertz CT molecular complexity index is 769. The van der Waals surface area contributed by atoms with Crippen molar-refractivity contribution in [3.8, 4) is 5.75 Å². The van der Waals surface area contributed by atoms with Crippen LogP contribution in [0.25, 0.3) is 0 Å². The minimum absolute atomic E-state index is 0.109. The van der Waals surface area contributed by atoms with Crippen LogP contribution in [0.2, 0.25) is 0 Å². The number of nitrogens with two attached hydrogens (primary N) is 1. The van der Waals surface area contributed by atoms with E-state index < -0.39 is 6.03 Å². The molecule has 0 aromatic heterocycles. The molecule has 2 amide bonds. The molecular weight excluding hydrogens is 314 g/mol. The van der Waals surface area contributed by atoms with Crippen molar-refractivity contribution in [2.75, 3.05) is 5.32 Å². The first-order valence-electron chi connectivity index (χ1n) is 8.53. The second-order valence-corrected chi connectivity index (χ2v) is 7.19. The van der Waals surface area contributed by atoms with Crippen molar-refractivity contribution in [3.05, 3.63) is 59.2 Å². The van der Waals surface area contributed by atoms with Gasteiger partial charge in [-0.2, -0.15) is 0 Å². The van der Waals surface area contributed by atoms with Gasteiger partial charge in [-0.3, -0.25) is 0 Å². The number of fused-ring (bicyclic) bond motifs is 1. The van der Waals surface area contributed by atoms with Gasteiger partial charge in [-0.05, 0) is 55.7 Å². The third-order valence-corrected chi connectivity index (χ3v) is 4.42. The fourth-order valence-electron chi connectivity index (χ4n) is 3.16. The largest absolute Gasteiger partial charge is 0.487 e. The zero-order valence-electron chi connectivity index (χ0n) is 14.9. The van der Waals surface area contributed by atoms with Gasteiger partial charge in [0.05, 0.1) is 0 Å². The van der Waals surface area contributed by atoms with Crippen LogP contribution in [0.5, 0.6) is 5.75 Å². The number of amides is 2. The number of urea groups is 1. The highest BCUT2D eigenvalue weighted by atomic mass is 16.5. The Labute approximate surface area is 148 Å². The van der Waals surface area contributed by atoms with Crippen LogP contribution < -0.4 is 21.1 Å². The van der Waals surface area contributed by atoms with Crippen LogP contribution >= 0.6 is 0 Å². The van der Waals surface area contributed by atoms with E-state index in [1.165, 1.54) is 11.1 Å². The maximum atomic E-state index is 10.9. The van der Waals surface area contributed by atoms with Gasteiger partial charge in [0.2, 0.25) is 0 Å². The minimum atomic E-state index is -0.553. The van der Waals surface area contributed by atoms with Gasteiger partial charge in [-0.25, -0.2) is 4.79 Å². The van der Waals surface area contributed by atoms with Crippen LogP contribution in [-0.2, 0) is 13.0 Å². The van der Waals surface area contributed by atoms with Gasteiger partial charge in [-0.15, -0.1) is 0 Å². The van der Waals surface area contributed by atoms with Crippen molar-refractivity contribution in [2.45, 2.75) is 45.4 Å².